The Bertz CT molecular complexity index is 388. The molecule has 1 radical (unpaired) electrons. The molecule has 0 unspecified atom stereocenters. The van der Waals surface area contributed by atoms with Crippen LogP contribution in [0, 0.1) is 11.8 Å². The zero-order chi connectivity index (χ0) is 13.5. The molecular formula is C15H22NO2. The largest absolute Gasteiger partial charge is 0.496 e. The Balaban J connectivity index is 2.89. The van der Waals surface area contributed by atoms with Crippen molar-refractivity contribution in [2.75, 3.05) is 14.2 Å². The summed E-state index contributed by atoms with van der Waals surface area (Å²) in [5.74, 6) is 1.76. The Morgan fingerprint density at radius 1 is 1.22 bits per heavy atom. The van der Waals surface area contributed by atoms with E-state index < -0.39 is 0 Å². The van der Waals surface area contributed by atoms with Crippen LogP contribution in [-0.4, -0.2) is 19.9 Å². The van der Waals surface area contributed by atoms with Gasteiger partial charge in [0.05, 0.1) is 14.2 Å². The fourth-order valence-electron chi connectivity index (χ4n) is 1.96. The molecule has 0 aliphatic heterocycles. The summed E-state index contributed by atoms with van der Waals surface area (Å²) in [5.41, 5.74) is 2.94. The molecular weight excluding hydrogens is 226 g/mol. The number of methoxy groups -OCH3 is 2. The third-order valence-corrected chi connectivity index (χ3v) is 2.85. The first-order valence-electron chi connectivity index (χ1n) is 6.21. The zero-order valence-electron chi connectivity index (χ0n) is 11.7. The molecule has 0 aliphatic carbocycles. The predicted octanol–water partition coefficient (Wildman–Crippen LogP) is 3.44. The lowest BCUT2D eigenvalue weighted by molar-refractivity contribution is 0.385. The molecule has 0 heterocycles. The second-order valence-electron chi connectivity index (χ2n) is 4.31. The Labute approximate surface area is 110 Å². The summed E-state index contributed by atoms with van der Waals surface area (Å²) < 4.78 is 10.8. The van der Waals surface area contributed by atoms with Gasteiger partial charge in [-0.05, 0) is 50.3 Å². The highest BCUT2D eigenvalue weighted by atomic mass is 16.5. The van der Waals surface area contributed by atoms with E-state index in [1.807, 2.05) is 6.92 Å². The standard InChI is InChI=1S/C15H22NO2/c1-5-13-14(17-3)9-12(10-15(13)18-4)8-6-7-11(2)16/h6,9-10,16H,5,7-8H2,1-4H3. The summed E-state index contributed by atoms with van der Waals surface area (Å²) >= 11 is 0. The average Bonchev–Trinajstić information content (AvgIpc) is 2.36. The summed E-state index contributed by atoms with van der Waals surface area (Å²) in [6.45, 7) is 3.91. The number of hydrogen-bond donors (Lipinski definition) is 1. The number of ether oxygens (including phenoxy) is 2. The van der Waals surface area contributed by atoms with E-state index in [1.54, 1.807) is 14.2 Å². The lowest BCUT2D eigenvalue weighted by Gasteiger charge is -2.14. The van der Waals surface area contributed by atoms with E-state index in [0.717, 1.165) is 41.9 Å². The van der Waals surface area contributed by atoms with Gasteiger partial charge in [0, 0.05) is 11.3 Å². The third kappa shape index (κ3) is 3.76. The molecule has 1 aromatic rings. The monoisotopic (exact) mass is 248 g/mol. The second-order valence-corrected chi connectivity index (χ2v) is 4.31. The van der Waals surface area contributed by atoms with Crippen LogP contribution in [-0.2, 0) is 12.8 Å². The van der Waals surface area contributed by atoms with E-state index in [2.05, 4.69) is 25.5 Å². The van der Waals surface area contributed by atoms with Crippen LogP contribution in [0.15, 0.2) is 12.1 Å². The highest BCUT2D eigenvalue weighted by Crippen LogP contribution is 2.31. The van der Waals surface area contributed by atoms with Gasteiger partial charge in [-0.2, -0.15) is 0 Å². The van der Waals surface area contributed by atoms with Crippen LogP contribution in [0.5, 0.6) is 11.5 Å². The molecule has 0 saturated heterocycles. The summed E-state index contributed by atoms with van der Waals surface area (Å²) in [5, 5.41) is 7.40. The van der Waals surface area contributed by atoms with E-state index in [-0.39, 0.29) is 0 Å². The number of hydrogen-bond acceptors (Lipinski definition) is 3. The van der Waals surface area contributed by atoms with Crippen LogP contribution in [0.4, 0.5) is 0 Å². The van der Waals surface area contributed by atoms with Gasteiger partial charge in [0.1, 0.15) is 11.5 Å². The first kappa shape index (κ1) is 14.6. The van der Waals surface area contributed by atoms with Gasteiger partial charge in [-0.1, -0.05) is 6.92 Å². The maximum absolute atomic E-state index is 7.40. The highest BCUT2D eigenvalue weighted by molar-refractivity contribution is 5.79. The Morgan fingerprint density at radius 2 is 1.78 bits per heavy atom. The van der Waals surface area contributed by atoms with Crippen molar-refractivity contribution in [1.29, 1.82) is 5.41 Å². The molecule has 18 heavy (non-hydrogen) atoms. The first-order valence-corrected chi connectivity index (χ1v) is 6.21. The van der Waals surface area contributed by atoms with E-state index in [0.29, 0.717) is 5.71 Å². The van der Waals surface area contributed by atoms with E-state index in [9.17, 15) is 0 Å². The van der Waals surface area contributed by atoms with E-state index >= 15 is 0 Å². The van der Waals surface area contributed by atoms with Gasteiger partial charge in [0.25, 0.3) is 0 Å². The van der Waals surface area contributed by atoms with Crippen molar-refractivity contribution >= 4 is 5.71 Å². The Kier molecular flexibility index (Phi) is 5.69. The van der Waals surface area contributed by atoms with Crippen LogP contribution < -0.4 is 9.47 Å². The molecule has 3 nitrogen and oxygen atoms in total. The van der Waals surface area contributed by atoms with Gasteiger partial charge >= 0.3 is 0 Å². The van der Waals surface area contributed by atoms with Crippen LogP contribution in [0.1, 0.15) is 31.4 Å². The minimum absolute atomic E-state index is 0.680. The maximum Gasteiger partial charge on any atom is 0.126 e. The number of nitrogens with one attached hydrogen (secondary N) is 1. The topological polar surface area (TPSA) is 42.3 Å². The minimum Gasteiger partial charge on any atom is -0.496 e. The van der Waals surface area contributed by atoms with Gasteiger partial charge in [0.15, 0.2) is 0 Å². The zero-order valence-corrected chi connectivity index (χ0v) is 11.7. The number of benzene rings is 1. The molecule has 0 spiro atoms. The van der Waals surface area contributed by atoms with Crippen molar-refractivity contribution in [3.05, 3.63) is 29.7 Å². The van der Waals surface area contributed by atoms with Crippen LogP contribution in [0.3, 0.4) is 0 Å². The quantitative estimate of drug-likeness (QED) is 0.751. The lowest BCUT2D eigenvalue weighted by atomic mass is 10.0. The van der Waals surface area contributed by atoms with E-state index in [4.69, 9.17) is 14.9 Å². The molecule has 99 valence electrons. The van der Waals surface area contributed by atoms with Crippen LogP contribution in [0.2, 0.25) is 0 Å². The van der Waals surface area contributed by atoms with Crippen molar-refractivity contribution in [3.8, 4) is 11.5 Å². The van der Waals surface area contributed by atoms with Gasteiger partial charge in [-0.15, -0.1) is 0 Å². The highest BCUT2D eigenvalue weighted by Gasteiger charge is 2.10. The fourth-order valence-corrected chi connectivity index (χ4v) is 1.96. The molecule has 0 saturated carbocycles. The van der Waals surface area contributed by atoms with Crippen molar-refractivity contribution < 1.29 is 9.47 Å². The van der Waals surface area contributed by atoms with Gasteiger partial charge in [-0.25, -0.2) is 0 Å². The average molecular weight is 248 g/mol. The minimum atomic E-state index is 0.680. The summed E-state index contributed by atoms with van der Waals surface area (Å²) in [7, 11) is 3.37. The van der Waals surface area contributed by atoms with E-state index in [1.165, 1.54) is 0 Å². The van der Waals surface area contributed by atoms with Crippen LogP contribution in [0.25, 0.3) is 0 Å². The summed E-state index contributed by atoms with van der Waals surface area (Å²) in [6.07, 6.45) is 4.53. The van der Waals surface area contributed by atoms with Crippen molar-refractivity contribution in [2.24, 2.45) is 0 Å². The molecule has 0 amide bonds. The second kappa shape index (κ2) is 7.04. The molecule has 0 bridgehead atoms. The lowest BCUT2D eigenvalue weighted by Crippen LogP contribution is -1.99. The molecule has 1 aromatic carbocycles. The molecule has 0 aliphatic rings. The Hall–Kier alpha value is -1.51. The molecule has 0 aromatic heterocycles. The Morgan fingerprint density at radius 3 is 2.17 bits per heavy atom. The summed E-state index contributed by atoms with van der Waals surface area (Å²) in [4.78, 5) is 0. The number of rotatable bonds is 7. The van der Waals surface area contributed by atoms with Gasteiger partial charge < -0.3 is 14.9 Å². The smallest absolute Gasteiger partial charge is 0.126 e. The first-order chi connectivity index (χ1) is 8.62. The predicted molar refractivity (Wildman–Crippen MR) is 74.9 cm³/mol. The third-order valence-electron chi connectivity index (χ3n) is 2.85. The summed E-state index contributed by atoms with van der Waals surface area (Å²) in [6, 6.07) is 4.11. The molecule has 0 fully saturated rings. The van der Waals surface area contributed by atoms with Gasteiger partial charge in [-0.3, -0.25) is 0 Å². The van der Waals surface area contributed by atoms with Crippen molar-refractivity contribution in [3.63, 3.8) is 0 Å². The van der Waals surface area contributed by atoms with Crippen molar-refractivity contribution in [2.45, 2.75) is 33.1 Å². The molecule has 1 N–H and O–H groups in total. The normalized spacial score (nSPS) is 10.2. The fraction of sp³-hybridized carbons (Fsp3) is 0.467. The maximum atomic E-state index is 7.40. The SMILES string of the molecule is CCc1c(OC)cc(C[CH]CC(C)=N)cc1OC. The van der Waals surface area contributed by atoms with Crippen LogP contribution >= 0.6 is 0 Å². The van der Waals surface area contributed by atoms with Gasteiger partial charge in [0.2, 0.25) is 0 Å². The molecule has 1 rings (SSSR count). The molecule has 3 heteroatoms. The van der Waals surface area contributed by atoms with Crippen molar-refractivity contribution in [1.82, 2.24) is 0 Å². The molecule has 0 atom stereocenters.